The molecule has 2 unspecified atom stereocenters. The molecule has 0 saturated carbocycles. The SMILES string of the molecule is CC1=NC(C(C)C)=C(C(=O)O)C(c2cccc([N+](=O)[O-])c2)C1C(=O)O. The van der Waals surface area contributed by atoms with Gasteiger partial charge >= 0.3 is 11.9 Å². The van der Waals surface area contributed by atoms with Crippen LogP contribution in [-0.2, 0) is 9.59 Å². The van der Waals surface area contributed by atoms with Crippen molar-refractivity contribution in [2.45, 2.75) is 26.7 Å². The maximum absolute atomic E-state index is 11.9. The molecule has 0 amide bonds. The lowest BCUT2D eigenvalue weighted by molar-refractivity contribution is -0.384. The van der Waals surface area contributed by atoms with Crippen molar-refractivity contribution in [2.24, 2.45) is 16.8 Å². The Kier molecular flexibility index (Phi) is 5.01. The van der Waals surface area contributed by atoms with Crippen molar-refractivity contribution in [3.63, 3.8) is 0 Å². The van der Waals surface area contributed by atoms with E-state index >= 15 is 0 Å². The molecule has 2 rings (SSSR count). The maximum atomic E-state index is 11.9. The standard InChI is InChI=1S/C17H18N2O6/c1-8(2)15-14(17(22)23)13(12(16(20)21)9(3)18-15)10-5-4-6-11(7-10)19(24)25/h4-8,12-13H,1-3H3,(H,20,21)(H,22,23). The molecule has 0 saturated heterocycles. The van der Waals surface area contributed by atoms with Crippen LogP contribution in [-0.4, -0.2) is 32.8 Å². The van der Waals surface area contributed by atoms with Gasteiger partial charge in [-0.25, -0.2) is 4.79 Å². The quantitative estimate of drug-likeness (QED) is 0.623. The van der Waals surface area contributed by atoms with Crippen LogP contribution in [0.25, 0.3) is 0 Å². The summed E-state index contributed by atoms with van der Waals surface area (Å²) >= 11 is 0. The van der Waals surface area contributed by atoms with E-state index in [-0.39, 0.29) is 28.5 Å². The van der Waals surface area contributed by atoms with Gasteiger partial charge in [0.05, 0.1) is 16.2 Å². The summed E-state index contributed by atoms with van der Waals surface area (Å²) in [6.45, 7) is 5.06. The number of carboxylic acids is 2. The van der Waals surface area contributed by atoms with Crippen LogP contribution in [0.5, 0.6) is 0 Å². The summed E-state index contributed by atoms with van der Waals surface area (Å²) in [6, 6.07) is 5.42. The van der Waals surface area contributed by atoms with Crippen molar-refractivity contribution in [3.05, 3.63) is 51.2 Å². The van der Waals surface area contributed by atoms with E-state index in [1.54, 1.807) is 13.8 Å². The molecule has 1 aromatic rings. The summed E-state index contributed by atoms with van der Waals surface area (Å²) in [6.07, 6.45) is 0. The molecule has 0 bridgehead atoms. The second kappa shape index (κ2) is 6.84. The summed E-state index contributed by atoms with van der Waals surface area (Å²) in [4.78, 5) is 38.3. The van der Waals surface area contributed by atoms with Gasteiger partial charge in [-0.2, -0.15) is 0 Å². The van der Waals surface area contributed by atoms with Gasteiger partial charge in [0.15, 0.2) is 0 Å². The average molecular weight is 346 g/mol. The molecule has 2 N–H and O–H groups in total. The van der Waals surface area contributed by atoms with Crippen LogP contribution in [0, 0.1) is 22.0 Å². The van der Waals surface area contributed by atoms with Crippen LogP contribution in [0.2, 0.25) is 0 Å². The first-order chi connectivity index (χ1) is 11.6. The molecule has 0 spiro atoms. The van der Waals surface area contributed by atoms with E-state index in [0.717, 1.165) is 0 Å². The zero-order valence-corrected chi connectivity index (χ0v) is 14.0. The molecule has 8 nitrogen and oxygen atoms in total. The molecule has 2 atom stereocenters. The van der Waals surface area contributed by atoms with E-state index in [4.69, 9.17) is 0 Å². The van der Waals surface area contributed by atoms with Crippen molar-refractivity contribution in [1.29, 1.82) is 0 Å². The van der Waals surface area contributed by atoms with E-state index in [1.165, 1.54) is 31.2 Å². The van der Waals surface area contributed by atoms with Gasteiger partial charge in [-0.05, 0) is 18.4 Å². The van der Waals surface area contributed by atoms with Gasteiger partial charge < -0.3 is 10.2 Å². The molecule has 1 aromatic carbocycles. The molecule has 0 aliphatic carbocycles. The smallest absolute Gasteiger partial charge is 0.334 e. The van der Waals surface area contributed by atoms with Crippen molar-refractivity contribution in [2.75, 3.05) is 0 Å². The number of aliphatic imine (C=N–C) groups is 1. The third kappa shape index (κ3) is 3.42. The highest BCUT2D eigenvalue weighted by molar-refractivity contribution is 6.06. The van der Waals surface area contributed by atoms with Crippen LogP contribution in [0.4, 0.5) is 5.69 Å². The van der Waals surface area contributed by atoms with Crippen molar-refractivity contribution < 1.29 is 24.7 Å². The fourth-order valence-corrected chi connectivity index (χ4v) is 3.08. The number of rotatable bonds is 5. The lowest BCUT2D eigenvalue weighted by atomic mass is 9.74. The minimum absolute atomic E-state index is 0.131. The largest absolute Gasteiger partial charge is 0.481 e. The van der Waals surface area contributed by atoms with Gasteiger partial charge in [-0.1, -0.05) is 26.0 Å². The fraction of sp³-hybridized carbons (Fsp3) is 0.353. The Labute approximate surface area is 143 Å². The molecule has 8 heteroatoms. The molecule has 1 aliphatic rings. The van der Waals surface area contributed by atoms with Gasteiger partial charge in [0, 0.05) is 23.8 Å². The predicted molar refractivity (Wildman–Crippen MR) is 89.6 cm³/mol. The number of hydrogen-bond acceptors (Lipinski definition) is 5. The minimum Gasteiger partial charge on any atom is -0.481 e. The Morgan fingerprint density at radius 1 is 1.28 bits per heavy atom. The van der Waals surface area contributed by atoms with E-state index < -0.39 is 28.7 Å². The maximum Gasteiger partial charge on any atom is 0.334 e. The van der Waals surface area contributed by atoms with Crippen LogP contribution in [0.15, 0.2) is 40.5 Å². The second-order valence-electron chi connectivity index (χ2n) is 6.16. The van der Waals surface area contributed by atoms with Crippen LogP contribution < -0.4 is 0 Å². The number of carboxylic acid groups (broad SMARTS) is 2. The number of non-ortho nitro benzene ring substituents is 1. The Bertz CT molecular complexity index is 809. The van der Waals surface area contributed by atoms with E-state index in [2.05, 4.69) is 4.99 Å². The lowest BCUT2D eigenvalue weighted by Crippen LogP contribution is -2.35. The van der Waals surface area contributed by atoms with Gasteiger partial charge in [-0.15, -0.1) is 0 Å². The van der Waals surface area contributed by atoms with Crippen molar-refractivity contribution in [3.8, 4) is 0 Å². The first-order valence-electron chi connectivity index (χ1n) is 7.64. The van der Waals surface area contributed by atoms with E-state index in [1.807, 2.05) is 0 Å². The third-order valence-electron chi connectivity index (χ3n) is 4.15. The van der Waals surface area contributed by atoms with Gasteiger partial charge in [0.2, 0.25) is 0 Å². The van der Waals surface area contributed by atoms with Crippen LogP contribution >= 0.6 is 0 Å². The number of benzene rings is 1. The minimum atomic E-state index is -1.28. The molecular formula is C17H18N2O6. The number of allylic oxidation sites excluding steroid dienone is 1. The number of nitro benzene ring substituents is 1. The molecule has 1 heterocycles. The summed E-state index contributed by atoms with van der Waals surface area (Å²) in [5.74, 6) is -4.99. The number of nitrogens with zero attached hydrogens (tertiary/aromatic N) is 2. The molecule has 0 radical (unpaired) electrons. The van der Waals surface area contributed by atoms with Crippen LogP contribution in [0.1, 0.15) is 32.3 Å². The number of hydrogen-bond donors (Lipinski definition) is 2. The molecular weight excluding hydrogens is 328 g/mol. The highest BCUT2D eigenvalue weighted by Crippen LogP contribution is 2.41. The molecule has 0 fully saturated rings. The average Bonchev–Trinajstić information content (AvgIpc) is 2.52. The molecule has 132 valence electrons. The Morgan fingerprint density at radius 3 is 2.40 bits per heavy atom. The summed E-state index contributed by atoms with van der Waals surface area (Å²) in [7, 11) is 0. The Balaban J connectivity index is 2.77. The van der Waals surface area contributed by atoms with Gasteiger partial charge in [0.1, 0.15) is 5.92 Å². The number of aliphatic carboxylic acids is 2. The van der Waals surface area contributed by atoms with Crippen molar-refractivity contribution in [1.82, 2.24) is 0 Å². The van der Waals surface area contributed by atoms with Gasteiger partial charge in [0.25, 0.3) is 5.69 Å². The highest BCUT2D eigenvalue weighted by Gasteiger charge is 2.42. The number of carbonyl (C=O) groups is 2. The Morgan fingerprint density at radius 2 is 1.92 bits per heavy atom. The Hall–Kier alpha value is -3.03. The molecule has 1 aliphatic heterocycles. The first-order valence-corrected chi connectivity index (χ1v) is 7.64. The summed E-state index contributed by atoms with van der Waals surface area (Å²) in [5.41, 5.74) is 0.481. The van der Waals surface area contributed by atoms with Crippen LogP contribution in [0.3, 0.4) is 0 Å². The highest BCUT2D eigenvalue weighted by atomic mass is 16.6. The first kappa shape index (κ1) is 18.3. The zero-order valence-electron chi connectivity index (χ0n) is 14.0. The fourth-order valence-electron chi connectivity index (χ4n) is 3.08. The van der Waals surface area contributed by atoms with E-state index in [9.17, 15) is 29.9 Å². The topological polar surface area (TPSA) is 130 Å². The van der Waals surface area contributed by atoms with Gasteiger partial charge in [-0.3, -0.25) is 19.9 Å². The second-order valence-corrected chi connectivity index (χ2v) is 6.16. The predicted octanol–water partition coefficient (Wildman–Crippen LogP) is 2.85. The molecule has 0 aromatic heterocycles. The zero-order chi connectivity index (χ0) is 18.9. The normalized spacial score (nSPS) is 20.4. The molecule has 25 heavy (non-hydrogen) atoms. The number of nitro groups is 1. The monoisotopic (exact) mass is 346 g/mol. The summed E-state index contributed by atoms with van der Waals surface area (Å²) < 4.78 is 0. The third-order valence-corrected chi connectivity index (χ3v) is 4.15. The van der Waals surface area contributed by atoms with E-state index in [0.29, 0.717) is 5.70 Å². The summed E-state index contributed by atoms with van der Waals surface area (Å²) in [5, 5.41) is 30.4. The lowest BCUT2D eigenvalue weighted by Gasteiger charge is -2.31. The van der Waals surface area contributed by atoms with Crippen molar-refractivity contribution >= 4 is 23.3 Å².